The molecule has 2 aromatic carbocycles. The van der Waals surface area contributed by atoms with Gasteiger partial charge in [0, 0.05) is 4.47 Å². The van der Waals surface area contributed by atoms with Crippen LogP contribution in [0.3, 0.4) is 0 Å². The van der Waals surface area contributed by atoms with Crippen molar-refractivity contribution in [3.63, 3.8) is 0 Å². The Morgan fingerprint density at radius 1 is 1.29 bits per heavy atom. The molecular weight excluding hydrogens is 332 g/mol. The second-order valence-corrected chi connectivity index (χ2v) is 5.58. The van der Waals surface area contributed by atoms with Crippen molar-refractivity contribution in [3.8, 4) is 0 Å². The Morgan fingerprint density at radius 2 is 2.05 bits per heavy atom. The standard InChI is InChI=1S/C16H17BrN2O2/c1-11(21-10-12-5-4-6-13(17)9-12)16(20)19-15-8-3-2-7-14(15)18/h2-9,11H,10,18H2,1H3,(H,19,20). The summed E-state index contributed by atoms with van der Waals surface area (Å²) in [6.45, 7) is 2.09. The molecule has 0 fully saturated rings. The molecule has 3 N–H and O–H groups in total. The third-order valence-corrected chi connectivity index (χ3v) is 3.47. The number of amides is 1. The first-order valence-electron chi connectivity index (χ1n) is 6.57. The summed E-state index contributed by atoms with van der Waals surface area (Å²) in [6, 6.07) is 14.9. The SMILES string of the molecule is CC(OCc1cccc(Br)c1)C(=O)Nc1ccccc1N. The van der Waals surface area contributed by atoms with Crippen LogP contribution < -0.4 is 11.1 Å². The highest BCUT2D eigenvalue weighted by Gasteiger charge is 2.14. The van der Waals surface area contributed by atoms with Crippen LogP contribution in [0.5, 0.6) is 0 Å². The van der Waals surface area contributed by atoms with Crippen LogP contribution in [-0.4, -0.2) is 12.0 Å². The molecule has 0 aliphatic rings. The summed E-state index contributed by atoms with van der Waals surface area (Å²) in [5, 5.41) is 2.76. The van der Waals surface area contributed by atoms with Crippen molar-refractivity contribution in [1.82, 2.24) is 0 Å². The molecule has 0 aliphatic carbocycles. The van der Waals surface area contributed by atoms with E-state index in [1.54, 1.807) is 19.1 Å². The number of hydrogen-bond donors (Lipinski definition) is 2. The summed E-state index contributed by atoms with van der Waals surface area (Å²) in [7, 11) is 0. The summed E-state index contributed by atoms with van der Waals surface area (Å²) >= 11 is 3.40. The van der Waals surface area contributed by atoms with Crippen molar-refractivity contribution in [2.45, 2.75) is 19.6 Å². The normalized spacial score (nSPS) is 11.9. The lowest BCUT2D eigenvalue weighted by Crippen LogP contribution is -2.27. The van der Waals surface area contributed by atoms with E-state index in [9.17, 15) is 4.79 Å². The van der Waals surface area contributed by atoms with Crippen LogP contribution in [-0.2, 0) is 16.1 Å². The number of ether oxygens (including phenoxy) is 1. The molecule has 0 heterocycles. The molecule has 4 nitrogen and oxygen atoms in total. The van der Waals surface area contributed by atoms with Crippen LogP contribution in [0.15, 0.2) is 53.0 Å². The van der Waals surface area contributed by atoms with E-state index in [4.69, 9.17) is 10.5 Å². The lowest BCUT2D eigenvalue weighted by atomic mass is 10.2. The maximum absolute atomic E-state index is 12.1. The summed E-state index contributed by atoms with van der Waals surface area (Å²) in [6.07, 6.45) is -0.566. The van der Waals surface area contributed by atoms with E-state index in [0.717, 1.165) is 10.0 Å². The van der Waals surface area contributed by atoms with Gasteiger partial charge in [0.05, 0.1) is 18.0 Å². The Kier molecular flexibility index (Phi) is 5.36. The molecule has 1 atom stereocenters. The number of halogens is 1. The molecule has 0 spiro atoms. The van der Waals surface area contributed by atoms with Crippen LogP contribution in [0.25, 0.3) is 0 Å². The molecule has 2 rings (SSSR count). The number of para-hydroxylation sites is 2. The molecule has 0 saturated carbocycles. The first-order valence-corrected chi connectivity index (χ1v) is 7.37. The number of anilines is 2. The smallest absolute Gasteiger partial charge is 0.253 e. The highest BCUT2D eigenvalue weighted by molar-refractivity contribution is 9.10. The highest BCUT2D eigenvalue weighted by atomic mass is 79.9. The molecule has 0 aliphatic heterocycles. The van der Waals surface area contributed by atoms with E-state index in [-0.39, 0.29) is 5.91 Å². The minimum atomic E-state index is -0.566. The highest BCUT2D eigenvalue weighted by Crippen LogP contribution is 2.17. The van der Waals surface area contributed by atoms with Crippen LogP contribution in [0.1, 0.15) is 12.5 Å². The minimum Gasteiger partial charge on any atom is -0.397 e. The molecule has 21 heavy (non-hydrogen) atoms. The second-order valence-electron chi connectivity index (χ2n) is 4.66. The molecule has 0 bridgehead atoms. The summed E-state index contributed by atoms with van der Waals surface area (Å²) in [4.78, 5) is 12.1. The summed E-state index contributed by atoms with van der Waals surface area (Å²) < 4.78 is 6.57. The molecular formula is C16H17BrN2O2. The zero-order chi connectivity index (χ0) is 15.2. The lowest BCUT2D eigenvalue weighted by Gasteiger charge is -2.14. The summed E-state index contributed by atoms with van der Waals surface area (Å²) in [5.74, 6) is -0.220. The van der Waals surface area contributed by atoms with Crippen molar-refractivity contribution >= 4 is 33.2 Å². The van der Waals surface area contributed by atoms with Gasteiger partial charge in [-0.2, -0.15) is 0 Å². The molecule has 1 unspecified atom stereocenters. The number of carbonyl (C=O) groups excluding carboxylic acids is 1. The molecule has 5 heteroatoms. The van der Waals surface area contributed by atoms with Gasteiger partial charge in [-0.25, -0.2) is 0 Å². The van der Waals surface area contributed by atoms with E-state index in [1.807, 2.05) is 36.4 Å². The van der Waals surface area contributed by atoms with Crippen molar-refractivity contribution in [1.29, 1.82) is 0 Å². The van der Waals surface area contributed by atoms with Crippen molar-refractivity contribution in [2.75, 3.05) is 11.1 Å². The van der Waals surface area contributed by atoms with Gasteiger partial charge in [-0.15, -0.1) is 0 Å². The number of hydrogen-bond acceptors (Lipinski definition) is 3. The average molecular weight is 349 g/mol. The van der Waals surface area contributed by atoms with E-state index >= 15 is 0 Å². The molecule has 0 radical (unpaired) electrons. The van der Waals surface area contributed by atoms with Gasteiger partial charge < -0.3 is 15.8 Å². The first-order chi connectivity index (χ1) is 10.1. The Bertz CT molecular complexity index is 631. The van der Waals surface area contributed by atoms with Crippen molar-refractivity contribution in [3.05, 3.63) is 58.6 Å². The fourth-order valence-corrected chi connectivity index (χ4v) is 2.22. The number of carbonyl (C=O) groups is 1. The maximum atomic E-state index is 12.1. The first kappa shape index (κ1) is 15.5. The third-order valence-electron chi connectivity index (χ3n) is 2.98. The van der Waals surface area contributed by atoms with Gasteiger partial charge in [0.25, 0.3) is 5.91 Å². The fraction of sp³-hybridized carbons (Fsp3) is 0.188. The maximum Gasteiger partial charge on any atom is 0.253 e. The molecule has 110 valence electrons. The van der Waals surface area contributed by atoms with Gasteiger partial charge in [0.2, 0.25) is 0 Å². The number of nitrogens with two attached hydrogens (primary N) is 1. The Hall–Kier alpha value is -1.85. The topological polar surface area (TPSA) is 64.3 Å². The fourth-order valence-electron chi connectivity index (χ4n) is 1.77. The van der Waals surface area contributed by atoms with Crippen LogP contribution in [0, 0.1) is 0 Å². The predicted octanol–water partition coefficient (Wildman–Crippen LogP) is 3.58. The Labute approximate surface area is 132 Å². The minimum absolute atomic E-state index is 0.220. The van der Waals surface area contributed by atoms with Gasteiger partial charge >= 0.3 is 0 Å². The van der Waals surface area contributed by atoms with Crippen LogP contribution in [0.2, 0.25) is 0 Å². The largest absolute Gasteiger partial charge is 0.397 e. The van der Waals surface area contributed by atoms with Crippen LogP contribution >= 0.6 is 15.9 Å². The molecule has 0 aromatic heterocycles. The zero-order valence-corrected chi connectivity index (χ0v) is 13.3. The molecule has 1 amide bonds. The number of nitrogens with one attached hydrogen (secondary N) is 1. The number of benzene rings is 2. The van der Waals surface area contributed by atoms with Crippen LogP contribution in [0.4, 0.5) is 11.4 Å². The van der Waals surface area contributed by atoms with E-state index in [2.05, 4.69) is 21.2 Å². The average Bonchev–Trinajstić information content (AvgIpc) is 2.47. The third kappa shape index (κ3) is 4.58. The van der Waals surface area contributed by atoms with Gasteiger partial charge in [0.15, 0.2) is 0 Å². The van der Waals surface area contributed by atoms with Gasteiger partial charge in [-0.05, 0) is 36.8 Å². The predicted molar refractivity (Wildman–Crippen MR) is 87.9 cm³/mol. The summed E-state index contributed by atoms with van der Waals surface area (Å²) in [5.41, 5.74) is 7.92. The Balaban J connectivity index is 1.90. The number of rotatable bonds is 5. The van der Waals surface area contributed by atoms with Gasteiger partial charge in [0.1, 0.15) is 6.10 Å². The van der Waals surface area contributed by atoms with Crippen molar-refractivity contribution in [2.24, 2.45) is 0 Å². The molecule has 0 saturated heterocycles. The van der Waals surface area contributed by atoms with E-state index < -0.39 is 6.10 Å². The molecule has 2 aromatic rings. The van der Waals surface area contributed by atoms with E-state index in [1.165, 1.54) is 0 Å². The Morgan fingerprint density at radius 3 is 2.76 bits per heavy atom. The number of nitrogen functional groups attached to an aromatic ring is 1. The lowest BCUT2D eigenvalue weighted by molar-refractivity contribution is -0.127. The van der Waals surface area contributed by atoms with Gasteiger partial charge in [-0.3, -0.25) is 4.79 Å². The monoisotopic (exact) mass is 348 g/mol. The van der Waals surface area contributed by atoms with E-state index in [0.29, 0.717) is 18.0 Å². The quantitative estimate of drug-likeness (QED) is 0.811. The van der Waals surface area contributed by atoms with Crippen molar-refractivity contribution < 1.29 is 9.53 Å². The second kappa shape index (κ2) is 7.24. The zero-order valence-electron chi connectivity index (χ0n) is 11.7. The van der Waals surface area contributed by atoms with Gasteiger partial charge in [-0.1, -0.05) is 40.2 Å².